The number of amides is 1. The van der Waals surface area contributed by atoms with Crippen molar-refractivity contribution in [1.82, 2.24) is 4.57 Å². The molecule has 1 amide bonds. The van der Waals surface area contributed by atoms with Crippen molar-refractivity contribution in [2.24, 2.45) is 0 Å². The van der Waals surface area contributed by atoms with Gasteiger partial charge in [0.1, 0.15) is 5.82 Å². The van der Waals surface area contributed by atoms with E-state index in [1.165, 1.54) is 17.8 Å². The number of aryl methyl sites for hydroxylation is 1. The monoisotopic (exact) mass is 472 g/mol. The molecule has 6 heteroatoms. The second kappa shape index (κ2) is 8.61. The number of halogens is 1. The molecule has 33 heavy (non-hydrogen) atoms. The average molecular weight is 473 g/mol. The summed E-state index contributed by atoms with van der Waals surface area (Å²) in [5, 5.41) is 1.02. The zero-order valence-electron chi connectivity index (χ0n) is 18.2. The molecule has 1 saturated heterocycles. The van der Waals surface area contributed by atoms with Gasteiger partial charge in [0.25, 0.3) is 5.91 Å². The Hall–Kier alpha value is -3.22. The highest BCUT2D eigenvalue weighted by Crippen LogP contribution is 2.38. The number of nitrogens with zero attached hydrogens (tertiary/aromatic N) is 2. The van der Waals surface area contributed by atoms with Crippen LogP contribution in [0, 0.1) is 19.7 Å². The van der Waals surface area contributed by atoms with E-state index in [9.17, 15) is 9.18 Å². The molecule has 3 aromatic carbocycles. The van der Waals surface area contributed by atoms with Gasteiger partial charge in [-0.25, -0.2) is 4.39 Å². The van der Waals surface area contributed by atoms with Crippen LogP contribution in [0.1, 0.15) is 22.4 Å². The molecule has 5 rings (SSSR count). The molecule has 4 aromatic rings. The molecule has 0 saturated carbocycles. The van der Waals surface area contributed by atoms with Crippen molar-refractivity contribution in [3.8, 4) is 0 Å². The minimum atomic E-state index is -0.227. The van der Waals surface area contributed by atoms with Crippen LogP contribution in [0.15, 0.2) is 77.7 Å². The van der Waals surface area contributed by atoms with Gasteiger partial charge in [-0.2, -0.15) is 0 Å². The fraction of sp³-hybridized carbons (Fsp3) is 0.111. The van der Waals surface area contributed by atoms with E-state index in [0.717, 1.165) is 33.4 Å². The quantitative estimate of drug-likeness (QED) is 0.240. The summed E-state index contributed by atoms with van der Waals surface area (Å²) in [6, 6.07) is 22.6. The van der Waals surface area contributed by atoms with Gasteiger partial charge in [-0.05, 0) is 49.8 Å². The number of thioether (sulfide) groups is 1. The zero-order valence-corrected chi connectivity index (χ0v) is 19.8. The molecule has 2 heterocycles. The third-order valence-corrected chi connectivity index (χ3v) is 7.20. The molecule has 164 valence electrons. The van der Waals surface area contributed by atoms with E-state index in [4.69, 9.17) is 12.2 Å². The third-order valence-electron chi connectivity index (χ3n) is 5.89. The summed E-state index contributed by atoms with van der Waals surface area (Å²) in [5.74, 6) is -0.351. The SMILES string of the molecule is Cc1cccc(N2C(=O)/C(=C\c3c(C)n(Cc4ccccc4F)c4ccccc34)SC2=S)c1. The maximum absolute atomic E-state index is 14.4. The normalized spacial score (nSPS) is 15.2. The van der Waals surface area contributed by atoms with E-state index in [2.05, 4.69) is 4.57 Å². The number of hydrogen-bond donors (Lipinski definition) is 0. The van der Waals surface area contributed by atoms with Crippen LogP contribution in [0.25, 0.3) is 17.0 Å². The van der Waals surface area contributed by atoms with E-state index in [1.54, 1.807) is 17.0 Å². The Morgan fingerprint density at radius 1 is 1.00 bits per heavy atom. The number of thiocarbonyl (C=S) groups is 1. The summed E-state index contributed by atoms with van der Waals surface area (Å²) in [4.78, 5) is 15.5. The Morgan fingerprint density at radius 2 is 1.76 bits per heavy atom. The maximum atomic E-state index is 14.4. The Balaban J connectivity index is 1.58. The molecule has 0 atom stereocenters. The van der Waals surface area contributed by atoms with Crippen LogP contribution < -0.4 is 4.90 Å². The predicted molar refractivity (Wildman–Crippen MR) is 139 cm³/mol. The lowest BCUT2D eigenvalue weighted by molar-refractivity contribution is -0.113. The van der Waals surface area contributed by atoms with Crippen molar-refractivity contribution in [2.45, 2.75) is 20.4 Å². The number of carbonyl (C=O) groups is 1. The molecule has 0 aliphatic carbocycles. The van der Waals surface area contributed by atoms with Gasteiger partial charge in [-0.3, -0.25) is 9.69 Å². The fourth-order valence-corrected chi connectivity index (χ4v) is 5.51. The van der Waals surface area contributed by atoms with Crippen LogP contribution in [0.3, 0.4) is 0 Å². The topological polar surface area (TPSA) is 25.2 Å². The Labute approximate surface area is 201 Å². The number of anilines is 1. The van der Waals surface area contributed by atoms with Gasteiger partial charge in [0.2, 0.25) is 0 Å². The standard InChI is InChI=1S/C27H21FN2OS2/c1-17-8-7-10-20(14-17)30-26(31)25(33-27(30)32)15-22-18(2)29(24-13-6-4-11-21(22)24)16-19-9-3-5-12-23(19)28/h3-15H,16H2,1-2H3/b25-15+. The van der Waals surface area contributed by atoms with E-state index in [0.29, 0.717) is 21.3 Å². The highest BCUT2D eigenvalue weighted by molar-refractivity contribution is 8.27. The molecule has 0 spiro atoms. The van der Waals surface area contributed by atoms with E-state index in [-0.39, 0.29) is 11.7 Å². The number of benzene rings is 3. The molecule has 1 aromatic heterocycles. The second-order valence-corrected chi connectivity index (χ2v) is 9.73. The van der Waals surface area contributed by atoms with Gasteiger partial charge in [0.15, 0.2) is 4.32 Å². The highest BCUT2D eigenvalue weighted by Gasteiger charge is 2.33. The van der Waals surface area contributed by atoms with Crippen LogP contribution in [-0.2, 0) is 11.3 Å². The molecule has 1 aliphatic heterocycles. The van der Waals surface area contributed by atoms with Crippen molar-refractivity contribution < 1.29 is 9.18 Å². The third kappa shape index (κ3) is 3.90. The predicted octanol–water partition coefficient (Wildman–Crippen LogP) is 6.85. The first-order chi connectivity index (χ1) is 15.9. The van der Waals surface area contributed by atoms with Crippen molar-refractivity contribution >= 4 is 56.9 Å². The van der Waals surface area contributed by atoms with Gasteiger partial charge in [0.05, 0.1) is 17.1 Å². The van der Waals surface area contributed by atoms with Gasteiger partial charge in [-0.1, -0.05) is 72.5 Å². The molecular weight excluding hydrogens is 451 g/mol. The summed E-state index contributed by atoms with van der Waals surface area (Å²) in [7, 11) is 0. The van der Waals surface area contributed by atoms with Crippen molar-refractivity contribution in [3.63, 3.8) is 0 Å². The van der Waals surface area contributed by atoms with Crippen molar-refractivity contribution in [3.05, 3.63) is 106 Å². The molecular formula is C27H21FN2OS2. The first kappa shape index (κ1) is 21.6. The Bertz CT molecular complexity index is 1450. The lowest BCUT2D eigenvalue weighted by Crippen LogP contribution is -2.27. The fourth-order valence-electron chi connectivity index (χ4n) is 4.23. The number of carbonyl (C=O) groups excluding carboxylic acids is 1. The number of para-hydroxylation sites is 1. The summed E-state index contributed by atoms with van der Waals surface area (Å²) >= 11 is 6.86. The summed E-state index contributed by atoms with van der Waals surface area (Å²) in [5.41, 5.74) is 5.39. The average Bonchev–Trinajstić information content (AvgIpc) is 3.23. The van der Waals surface area contributed by atoms with E-state index < -0.39 is 0 Å². The minimum Gasteiger partial charge on any atom is -0.340 e. The molecule has 1 aliphatic rings. The number of rotatable bonds is 4. The van der Waals surface area contributed by atoms with Crippen LogP contribution in [0.2, 0.25) is 0 Å². The summed E-state index contributed by atoms with van der Waals surface area (Å²) in [6.07, 6.45) is 1.92. The van der Waals surface area contributed by atoms with Crippen LogP contribution in [-0.4, -0.2) is 14.8 Å². The van der Waals surface area contributed by atoms with E-state index >= 15 is 0 Å². The van der Waals surface area contributed by atoms with Crippen LogP contribution in [0.5, 0.6) is 0 Å². The van der Waals surface area contributed by atoms with Crippen LogP contribution in [0.4, 0.5) is 10.1 Å². The lowest BCUT2D eigenvalue weighted by atomic mass is 10.1. The largest absolute Gasteiger partial charge is 0.340 e. The van der Waals surface area contributed by atoms with Gasteiger partial charge < -0.3 is 4.57 Å². The van der Waals surface area contributed by atoms with E-state index in [1.807, 2.05) is 74.5 Å². The maximum Gasteiger partial charge on any atom is 0.270 e. The Kier molecular flexibility index (Phi) is 5.64. The number of fused-ring (bicyclic) bond motifs is 1. The minimum absolute atomic E-state index is 0.124. The van der Waals surface area contributed by atoms with Crippen molar-refractivity contribution in [2.75, 3.05) is 4.90 Å². The van der Waals surface area contributed by atoms with Gasteiger partial charge in [0, 0.05) is 27.7 Å². The summed E-state index contributed by atoms with van der Waals surface area (Å²) in [6.45, 7) is 4.41. The number of hydrogen-bond acceptors (Lipinski definition) is 3. The molecule has 3 nitrogen and oxygen atoms in total. The molecule has 0 unspecified atom stereocenters. The zero-order chi connectivity index (χ0) is 23.1. The second-order valence-electron chi connectivity index (χ2n) is 8.05. The molecule has 1 fully saturated rings. The smallest absolute Gasteiger partial charge is 0.270 e. The molecule has 0 N–H and O–H groups in total. The summed E-state index contributed by atoms with van der Waals surface area (Å²) < 4.78 is 17.0. The van der Waals surface area contributed by atoms with Gasteiger partial charge in [-0.15, -0.1) is 0 Å². The van der Waals surface area contributed by atoms with Crippen molar-refractivity contribution in [1.29, 1.82) is 0 Å². The lowest BCUT2D eigenvalue weighted by Gasteiger charge is -2.14. The van der Waals surface area contributed by atoms with Gasteiger partial charge >= 0.3 is 0 Å². The first-order valence-corrected chi connectivity index (χ1v) is 11.8. The molecule has 0 bridgehead atoms. The Morgan fingerprint density at radius 3 is 2.55 bits per heavy atom. The molecule has 0 radical (unpaired) electrons. The highest BCUT2D eigenvalue weighted by atomic mass is 32.2. The first-order valence-electron chi connectivity index (χ1n) is 10.6. The number of aromatic nitrogens is 1. The van der Waals surface area contributed by atoms with Crippen LogP contribution >= 0.6 is 24.0 Å².